The maximum atomic E-state index is 11.5. The van der Waals surface area contributed by atoms with E-state index in [1.54, 1.807) is 31.2 Å². The van der Waals surface area contributed by atoms with Crippen LogP contribution in [0.15, 0.2) is 24.3 Å². The molecule has 2 rings (SSSR count). The van der Waals surface area contributed by atoms with Crippen LogP contribution in [0.3, 0.4) is 0 Å². The van der Waals surface area contributed by atoms with Crippen LogP contribution in [0.4, 0.5) is 0 Å². The lowest BCUT2D eigenvalue weighted by molar-refractivity contribution is 0.0663. The van der Waals surface area contributed by atoms with Crippen molar-refractivity contribution in [3.63, 3.8) is 0 Å². The van der Waals surface area contributed by atoms with E-state index >= 15 is 0 Å². The van der Waals surface area contributed by atoms with Crippen LogP contribution in [0.25, 0.3) is 0 Å². The number of hydrogen-bond donors (Lipinski definition) is 0. The topological polar surface area (TPSA) is 71.5 Å². The van der Waals surface area contributed by atoms with Gasteiger partial charge in [0.25, 0.3) is 11.8 Å². The van der Waals surface area contributed by atoms with Crippen molar-refractivity contribution < 1.29 is 18.0 Å². The van der Waals surface area contributed by atoms with E-state index < -0.39 is 8.26 Å². The first-order chi connectivity index (χ1) is 8.25. The Bertz CT molecular complexity index is 542. The van der Waals surface area contributed by atoms with Gasteiger partial charge in [-0.1, -0.05) is 12.1 Å². The average Bonchev–Trinajstić information content (AvgIpc) is 2.50. The molecule has 0 bridgehead atoms. The van der Waals surface area contributed by atoms with Crippen molar-refractivity contribution in [1.82, 2.24) is 4.90 Å². The third-order valence-corrected chi connectivity index (χ3v) is 2.19. The molecule has 0 fully saturated rings. The molecule has 8 heteroatoms. The van der Waals surface area contributed by atoms with Crippen LogP contribution >= 0.6 is 21.4 Å². The van der Waals surface area contributed by atoms with Gasteiger partial charge in [-0.25, -0.2) is 0 Å². The van der Waals surface area contributed by atoms with Gasteiger partial charge in [0.15, 0.2) is 0 Å². The average molecular weight is 310 g/mol. The normalized spacial score (nSPS) is 14.1. The highest BCUT2D eigenvalue weighted by atomic mass is 36.0. The fourth-order valence-electron chi connectivity index (χ4n) is 1.53. The summed E-state index contributed by atoms with van der Waals surface area (Å²) in [7, 11) is 4.81. The summed E-state index contributed by atoms with van der Waals surface area (Å²) < 4.78 is 18.3. The summed E-state index contributed by atoms with van der Waals surface area (Å²) >= 11 is 0. The van der Waals surface area contributed by atoms with Gasteiger partial charge in [-0.05, 0) is 19.1 Å². The Kier molecular flexibility index (Phi) is 4.72. The van der Waals surface area contributed by atoms with E-state index in [-0.39, 0.29) is 11.8 Å². The number of amides is 2. The first-order valence-corrected chi connectivity index (χ1v) is 7.98. The first-order valence-electron chi connectivity index (χ1n) is 4.85. The Labute approximate surface area is 113 Å². The van der Waals surface area contributed by atoms with Gasteiger partial charge in [-0.2, -0.15) is 8.42 Å². The zero-order chi connectivity index (χ0) is 13.9. The quantitative estimate of drug-likeness (QED) is 0.587. The number of carbonyl (C=O) groups is 2. The summed E-state index contributed by atoms with van der Waals surface area (Å²) in [5.41, 5.74) is 1.05. The van der Waals surface area contributed by atoms with E-state index in [1.165, 1.54) is 4.90 Å². The maximum Gasteiger partial charge on any atom is 0.317 e. The van der Waals surface area contributed by atoms with E-state index in [0.717, 1.165) is 0 Å². The minimum absolute atomic E-state index is 0.178. The van der Waals surface area contributed by atoms with Crippen LogP contribution < -0.4 is 0 Å². The van der Waals surface area contributed by atoms with Crippen LogP contribution in [0, 0.1) is 0 Å². The minimum Gasteiger partial charge on any atom is -0.275 e. The molecule has 0 N–H and O–H groups in total. The predicted octanol–water partition coefficient (Wildman–Crippen LogP) is 2.01. The Morgan fingerprint density at radius 2 is 1.39 bits per heavy atom. The zero-order valence-electron chi connectivity index (χ0n) is 9.26. The molecular formula is C10H9Cl2NO4S. The molecule has 0 aliphatic carbocycles. The minimum atomic E-state index is -3.72. The molecule has 2 amide bonds. The van der Waals surface area contributed by atoms with Crippen molar-refractivity contribution in [2.45, 2.75) is 6.92 Å². The fraction of sp³-hybridized carbons (Fsp3) is 0.200. The van der Waals surface area contributed by atoms with Gasteiger partial charge in [0.2, 0.25) is 0 Å². The Morgan fingerprint density at radius 3 is 1.67 bits per heavy atom. The highest BCUT2D eigenvalue weighted by molar-refractivity contribution is 8.31. The molecule has 98 valence electrons. The molecular weight excluding hydrogens is 301 g/mol. The summed E-state index contributed by atoms with van der Waals surface area (Å²) in [5.74, 6) is -0.355. The van der Waals surface area contributed by atoms with Crippen molar-refractivity contribution >= 4 is 41.4 Å². The molecule has 0 unspecified atom stereocenters. The van der Waals surface area contributed by atoms with E-state index in [2.05, 4.69) is 21.4 Å². The SMILES string of the molecule is CCN1C(=O)c2ccccc2C1=O.O=S(=O)(Cl)Cl. The number of imide groups is 1. The summed E-state index contributed by atoms with van der Waals surface area (Å²) in [4.78, 5) is 24.3. The second-order valence-electron chi connectivity index (χ2n) is 3.28. The standard InChI is InChI=1S/C10H9NO2.Cl2O2S/c1-2-11-9(12)7-5-3-4-6-8(7)10(11)13;1-5(2,3)4/h3-6H,2H2,1H3;. The number of halogens is 2. The summed E-state index contributed by atoms with van der Waals surface area (Å²) in [5, 5.41) is 0. The molecule has 0 spiro atoms. The van der Waals surface area contributed by atoms with Crippen molar-refractivity contribution in [2.24, 2.45) is 0 Å². The lowest BCUT2D eigenvalue weighted by Crippen LogP contribution is -2.29. The van der Waals surface area contributed by atoms with Crippen molar-refractivity contribution in [1.29, 1.82) is 0 Å². The first kappa shape index (κ1) is 14.9. The number of fused-ring (bicyclic) bond motifs is 1. The molecule has 0 saturated heterocycles. The second-order valence-corrected chi connectivity index (χ2v) is 6.95. The number of nitrogens with zero attached hydrogens (tertiary/aromatic N) is 1. The molecule has 1 aromatic rings. The molecule has 1 aliphatic heterocycles. The lowest BCUT2D eigenvalue weighted by atomic mass is 10.1. The maximum absolute atomic E-state index is 11.5. The van der Waals surface area contributed by atoms with Gasteiger partial charge in [0.05, 0.1) is 11.1 Å². The number of benzene rings is 1. The van der Waals surface area contributed by atoms with E-state index in [9.17, 15) is 9.59 Å². The van der Waals surface area contributed by atoms with Gasteiger partial charge >= 0.3 is 8.26 Å². The van der Waals surface area contributed by atoms with Crippen LogP contribution in [0.2, 0.25) is 0 Å². The smallest absolute Gasteiger partial charge is 0.275 e. The molecule has 0 aromatic heterocycles. The Balaban J connectivity index is 0.000000280. The number of carbonyl (C=O) groups excluding carboxylic acids is 2. The lowest BCUT2D eigenvalue weighted by Gasteiger charge is -2.08. The number of rotatable bonds is 1. The van der Waals surface area contributed by atoms with Crippen LogP contribution in [0.5, 0.6) is 0 Å². The monoisotopic (exact) mass is 309 g/mol. The third kappa shape index (κ3) is 3.69. The molecule has 0 saturated carbocycles. The second kappa shape index (κ2) is 5.69. The Hall–Kier alpha value is -1.11. The predicted molar refractivity (Wildman–Crippen MR) is 68.1 cm³/mol. The van der Waals surface area contributed by atoms with E-state index in [1.807, 2.05) is 0 Å². The van der Waals surface area contributed by atoms with Gasteiger partial charge in [0.1, 0.15) is 0 Å². The molecule has 1 aromatic carbocycles. The van der Waals surface area contributed by atoms with Gasteiger partial charge in [-0.15, -0.1) is 0 Å². The molecule has 0 radical (unpaired) electrons. The van der Waals surface area contributed by atoms with Gasteiger partial charge in [0, 0.05) is 27.9 Å². The van der Waals surface area contributed by atoms with Crippen LogP contribution in [0.1, 0.15) is 27.6 Å². The largest absolute Gasteiger partial charge is 0.317 e. The fourth-order valence-corrected chi connectivity index (χ4v) is 1.53. The Morgan fingerprint density at radius 1 is 1.06 bits per heavy atom. The van der Waals surface area contributed by atoms with E-state index in [0.29, 0.717) is 17.7 Å². The molecule has 18 heavy (non-hydrogen) atoms. The van der Waals surface area contributed by atoms with Crippen LogP contribution in [-0.2, 0) is 8.26 Å². The van der Waals surface area contributed by atoms with Crippen molar-refractivity contribution in [2.75, 3.05) is 6.54 Å². The van der Waals surface area contributed by atoms with Crippen molar-refractivity contribution in [3.8, 4) is 0 Å². The molecule has 1 aliphatic rings. The number of hydrogen-bond acceptors (Lipinski definition) is 4. The highest BCUT2D eigenvalue weighted by Crippen LogP contribution is 2.21. The molecule has 1 heterocycles. The third-order valence-electron chi connectivity index (χ3n) is 2.19. The summed E-state index contributed by atoms with van der Waals surface area (Å²) in [6, 6.07) is 6.91. The van der Waals surface area contributed by atoms with Crippen LogP contribution in [-0.4, -0.2) is 31.7 Å². The molecule has 5 nitrogen and oxygen atoms in total. The summed E-state index contributed by atoms with van der Waals surface area (Å²) in [6.07, 6.45) is 0. The summed E-state index contributed by atoms with van der Waals surface area (Å²) in [6.45, 7) is 2.23. The van der Waals surface area contributed by atoms with Crippen molar-refractivity contribution in [3.05, 3.63) is 35.4 Å². The van der Waals surface area contributed by atoms with Gasteiger partial charge in [-0.3, -0.25) is 14.5 Å². The zero-order valence-corrected chi connectivity index (χ0v) is 11.6. The highest BCUT2D eigenvalue weighted by Gasteiger charge is 2.33. The van der Waals surface area contributed by atoms with Gasteiger partial charge < -0.3 is 0 Å². The van der Waals surface area contributed by atoms with E-state index in [4.69, 9.17) is 8.42 Å². The molecule has 0 atom stereocenters.